The molecule has 0 radical (unpaired) electrons. The molecule has 0 bridgehead atoms. The van der Waals surface area contributed by atoms with Gasteiger partial charge in [0.1, 0.15) is 0 Å². The van der Waals surface area contributed by atoms with Gasteiger partial charge < -0.3 is 10.2 Å². The summed E-state index contributed by atoms with van der Waals surface area (Å²) < 4.78 is 2.52. The number of likely N-dealkylation sites (N-methyl/N-ethyl adjacent to an activating group) is 1. The zero-order valence-electron chi connectivity index (χ0n) is 14.8. The van der Waals surface area contributed by atoms with E-state index in [4.69, 9.17) is 0 Å². The van der Waals surface area contributed by atoms with Gasteiger partial charge in [0.2, 0.25) is 11.8 Å². The van der Waals surface area contributed by atoms with Crippen molar-refractivity contribution in [2.24, 2.45) is 0 Å². The van der Waals surface area contributed by atoms with E-state index in [2.05, 4.69) is 26.3 Å². The van der Waals surface area contributed by atoms with Gasteiger partial charge >= 0.3 is 0 Å². The monoisotopic (exact) mass is 426 g/mol. The van der Waals surface area contributed by atoms with Gasteiger partial charge in [0.15, 0.2) is 0 Å². The van der Waals surface area contributed by atoms with Crippen LogP contribution in [0.3, 0.4) is 0 Å². The maximum absolute atomic E-state index is 12.4. The van der Waals surface area contributed by atoms with Gasteiger partial charge in [-0.3, -0.25) is 9.59 Å². The fourth-order valence-electron chi connectivity index (χ4n) is 2.54. The Balaban J connectivity index is 1.56. The average molecular weight is 427 g/mol. The van der Waals surface area contributed by atoms with E-state index in [9.17, 15) is 9.59 Å². The molecule has 0 unspecified atom stereocenters. The van der Waals surface area contributed by atoms with Crippen molar-refractivity contribution in [2.75, 3.05) is 18.9 Å². The lowest BCUT2D eigenvalue weighted by atomic mass is 10.2. The smallest absolute Gasteiger partial charge is 0.244 e. The lowest BCUT2D eigenvalue weighted by molar-refractivity contribution is -0.132. The first kappa shape index (κ1) is 18.8. The van der Waals surface area contributed by atoms with Crippen LogP contribution in [0.25, 0.3) is 5.69 Å². The van der Waals surface area contributed by atoms with E-state index in [0.29, 0.717) is 5.69 Å². The number of nitrogens with one attached hydrogen (secondary N) is 1. The molecule has 1 N–H and O–H groups in total. The van der Waals surface area contributed by atoms with Crippen LogP contribution in [0.4, 0.5) is 5.69 Å². The van der Waals surface area contributed by atoms with Gasteiger partial charge in [0, 0.05) is 17.7 Å². The van der Waals surface area contributed by atoms with Gasteiger partial charge in [-0.05, 0) is 45.8 Å². The van der Waals surface area contributed by atoms with Crippen molar-refractivity contribution >= 4 is 33.4 Å². The van der Waals surface area contributed by atoms with E-state index in [1.54, 1.807) is 24.0 Å². The summed E-state index contributed by atoms with van der Waals surface area (Å²) >= 11 is 3.38. The van der Waals surface area contributed by atoms with Crippen LogP contribution < -0.4 is 5.32 Å². The van der Waals surface area contributed by atoms with Crippen molar-refractivity contribution in [1.82, 2.24) is 14.7 Å². The summed E-state index contributed by atoms with van der Waals surface area (Å²) in [6.45, 7) is -0.0208. The highest BCUT2D eigenvalue weighted by Gasteiger charge is 2.15. The van der Waals surface area contributed by atoms with Crippen LogP contribution in [0, 0.1) is 0 Å². The molecule has 2 amide bonds. The molecule has 0 aliphatic heterocycles. The van der Waals surface area contributed by atoms with Crippen molar-refractivity contribution in [1.29, 1.82) is 0 Å². The average Bonchev–Trinajstić information content (AvgIpc) is 3.13. The number of carbonyl (C=O) groups is 2. The Morgan fingerprint density at radius 3 is 2.56 bits per heavy atom. The standard InChI is InChI=1S/C20H19BrN4O2/c1-24(14-19(26)23-18-10-6-5-9-17(18)21)20(27)11-15-12-22-25(13-15)16-7-3-2-4-8-16/h2-10,12-13H,11,14H2,1H3,(H,23,26). The molecule has 1 aromatic heterocycles. The number of nitrogens with zero attached hydrogens (tertiary/aromatic N) is 3. The molecule has 0 saturated heterocycles. The molecule has 0 fully saturated rings. The zero-order chi connectivity index (χ0) is 19.2. The number of anilines is 1. The van der Waals surface area contributed by atoms with Gasteiger partial charge in [0.05, 0.1) is 30.5 Å². The lowest BCUT2D eigenvalue weighted by Crippen LogP contribution is -2.35. The SMILES string of the molecule is CN(CC(=O)Nc1ccccc1Br)C(=O)Cc1cnn(-c2ccccc2)c1. The third kappa shape index (κ3) is 5.04. The molecule has 7 heteroatoms. The van der Waals surface area contributed by atoms with E-state index >= 15 is 0 Å². The number of hydrogen-bond acceptors (Lipinski definition) is 3. The first-order valence-corrected chi connectivity index (χ1v) is 9.19. The van der Waals surface area contributed by atoms with Crippen molar-refractivity contribution in [3.8, 4) is 5.69 Å². The molecule has 3 aromatic rings. The number of benzene rings is 2. The number of carbonyl (C=O) groups excluding carboxylic acids is 2. The molecule has 1 heterocycles. The quantitative estimate of drug-likeness (QED) is 0.657. The molecule has 27 heavy (non-hydrogen) atoms. The molecule has 2 aromatic carbocycles. The molecule has 0 aliphatic rings. The second kappa shape index (κ2) is 8.64. The van der Waals surface area contributed by atoms with Crippen LogP contribution >= 0.6 is 15.9 Å². The minimum atomic E-state index is -0.252. The highest BCUT2D eigenvalue weighted by Crippen LogP contribution is 2.21. The summed E-state index contributed by atoms with van der Waals surface area (Å²) in [6, 6.07) is 17.0. The zero-order valence-corrected chi connectivity index (χ0v) is 16.4. The van der Waals surface area contributed by atoms with Crippen molar-refractivity contribution in [3.05, 3.63) is 77.0 Å². The topological polar surface area (TPSA) is 67.2 Å². The summed E-state index contributed by atoms with van der Waals surface area (Å²) in [5, 5.41) is 7.08. The molecule has 0 saturated carbocycles. The maximum Gasteiger partial charge on any atom is 0.244 e. The molecule has 6 nitrogen and oxygen atoms in total. The summed E-state index contributed by atoms with van der Waals surface area (Å²) in [5.74, 6) is -0.400. The van der Waals surface area contributed by atoms with E-state index in [1.807, 2.05) is 54.7 Å². The largest absolute Gasteiger partial charge is 0.336 e. The van der Waals surface area contributed by atoms with Gasteiger partial charge in [-0.2, -0.15) is 5.10 Å². The number of halogens is 1. The van der Waals surface area contributed by atoms with E-state index in [-0.39, 0.29) is 24.8 Å². The first-order chi connectivity index (χ1) is 13.0. The summed E-state index contributed by atoms with van der Waals surface area (Å²) in [7, 11) is 1.61. The summed E-state index contributed by atoms with van der Waals surface area (Å²) in [6.07, 6.45) is 3.67. The van der Waals surface area contributed by atoms with Gasteiger partial charge in [0.25, 0.3) is 0 Å². The van der Waals surface area contributed by atoms with Crippen molar-refractivity contribution in [2.45, 2.75) is 6.42 Å². The Hall–Kier alpha value is -2.93. The van der Waals surface area contributed by atoms with Crippen LogP contribution in [-0.2, 0) is 16.0 Å². The highest BCUT2D eigenvalue weighted by molar-refractivity contribution is 9.10. The molecule has 0 spiro atoms. The van der Waals surface area contributed by atoms with Crippen LogP contribution in [0.2, 0.25) is 0 Å². The summed E-state index contributed by atoms with van der Waals surface area (Å²) in [4.78, 5) is 26.0. The fourth-order valence-corrected chi connectivity index (χ4v) is 2.92. The molecule has 0 atom stereocenters. The minimum absolute atomic E-state index is 0.0208. The molecule has 3 rings (SSSR count). The number of para-hydroxylation sites is 2. The summed E-state index contributed by atoms with van der Waals surface area (Å²) in [5.41, 5.74) is 2.40. The molecule has 138 valence electrons. The Bertz CT molecular complexity index is 940. The predicted octanol–water partition coefficient (Wildman–Crippen LogP) is 3.27. The second-order valence-electron chi connectivity index (χ2n) is 6.08. The molecule has 0 aliphatic carbocycles. The number of aromatic nitrogens is 2. The minimum Gasteiger partial charge on any atom is -0.336 e. The Labute approximate surface area is 165 Å². The van der Waals surface area contributed by atoms with E-state index < -0.39 is 0 Å². The second-order valence-corrected chi connectivity index (χ2v) is 6.94. The molecular formula is C20H19BrN4O2. The Kier molecular flexibility index (Phi) is 6.03. The predicted molar refractivity (Wildman–Crippen MR) is 108 cm³/mol. The third-order valence-electron chi connectivity index (χ3n) is 3.97. The number of amides is 2. The highest BCUT2D eigenvalue weighted by atomic mass is 79.9. The maximum atomic E-state index is 12.4. The van der Waals surface area contributed by atoms with Crippen LogP contribution in [0.15, 0.2) is 71.5 Å². The normalized spacial score (nSPS) is 10.4. The van der Waals surface area contributed by atoms with Gasteiger partial charge in [-0.15, -0.1) is 0 Å². The van der Waals surface area contributed by atoms with Crippen molar-refractivity contribution < 1.29 is 9.59 Å². The van der Waals surface area contributed by atoms with Gasteiger partial charge in [-0.1, -0.05) is 30.3 Å². The lowest BCUT2D eigenvalue weighted by Gasteiger charge is -2.16. The van der Waals surface area contributed by atoms with E-state index in [0.717, 1.165) is 15.7 Å². The molecular weight excluding hydrogens is 408 g/mol. The van der Waals surface area contributed by atoms with Crippen LogP contribution in [0.1, 0.15) is 5.56 Å². The van der Waals surface area contributed by atoms with E-state index in [1.165, 1.54) is 4.90 Å². The van der Waals surface area contributed by atoms with Crippen molar-refractivity contribution in [3.63, 3.8) is 0 Å². The number of hydrogen-bond donors (Lipinski definition) is 1. The first-order valence-electron chi connectivity index (χ1n) is 8.40. The van der Waals surface area contributed by atoms with Gasteiger partial charge in [-0.25, -0.2) is 4.68 Å². The Morgan fingerprint density at radius 1 is 1.11 bits per heavy atom. The third-order valence-corrected chi connectivity index (χ3v) is 4.66. The van der Waals surface area contributed by atoms with Crippen LogP contribution in [0.5, 0.6) is 0 Å². The Morgan fingerprint density at radius 2 is 1.81 bits per heavy atom. The van der Waals surface area contributed by atoms with Crippen LogP contribution in [-0.4, -0.2) is 40.1 Å². The number of rotatable bonds is 6. The fraction of sp³-hybridized carbons (Fsp3) is 0.150.